The third kappa shape index (κ3) is 4.07. The Hall–Kier alpha value is -2.75. The lowest BCUT2D eigenvalue weighted by atomic mass is 9.83. The van der Waals surface area contributed by atoms with Crippen molar-refractivity contribution in [1.82, 2.24) is 0 Å². The van der Waals surface area contributed by atoms with Crippen LogP contribution in [-0.2, 0) is 16.0 Å². The number of carboxylic acid groups (broad SMARTS) is 1. The Balaban J connectivity index is 2.08. The minimum absolute atomic E-state index is 0.0383. The van der Waals surface area contributed by atoms with Gasteiger partial charge in [0, 0.05) is 22.3 Å². The fourth-order valence-corrected chi connectivity index (χ4v) is 3.07. The van der Waals surface area contributed by atoms with Gasteiger partial charge in [0.2, 0.25) is 0 Å². The highest BCUT2D eigenvalue weighted by atomic mass is 16.4. The van der Waals surface area contributed by atoms with Crippen molar-refractivity contribution in [2.75, 3.05) is 0 Å². The molecule has 136 valence electrons. The van der Waals surface area contributed by atoms with Gasteiger partial charge in [-0.1, -0.05) is 29.8 Å². The molecule has 0 bridgehead atoms. The van der Waals surface area contributed by atoms with Gasteiger partial charge in [0.05, 0.1) is 5.56 Å². The third-order valence-electron chi connectivity index (χ3n) is 5.00. The topological polar surface area (TPSA) is 71.4 Å². The molecule has 0 radical (unpaired) electrons. The quantitative estimate of drug-likeness (QED) is 0.606. The van der Waals surface area contributed by atoms with Crippen LogP contribution in [0.1, 0.15) is 56.5 Å². The summed E-state index contributed by atoms with van der Waals surface area (Å²) in [6.45, 7) is 7.07. The van der Waals surface area contributed by atoms with E-state index >= 15 is 0 Å². The van der Waals surface area contributed by atoms with Gasteiger partial charge in [-0.15, -0.1) is 0 Å². The number of carbonyl (C=O) groups is 3. The van der Waals surface area contributed by atoms with Gasteiger partial charge in [-0.2, -0.15) is 0 Å². The number of benzene rings is 1. The lowest BCUT2D eigenvalue weighted by molar-refractivity contribution is -0.116. The molecule has 0 aliphatic heterocycles. The Morgan fingerprint density at radius 1 is 1.00 bits per heavy atom. The number of hydrogen-bond donors (Lipinski definition) is 1. The summed E-state index contributed by atoms with van der Waals surface area (Å²) < 4.78 is 0. The fraction of sp³-hybridized carbons (Fsp3) is 0.318. The molecule has 0 aromatic heterocycles. The average Bonchev–Trinajstić information content (AvgIpc) is 2.63. The molecule has 4 heteroatoms. The molecule has 0 unspecified atom stereocenters. The molecule has 2 rings (SSSR count). The van der Waals surface area contributed by atoms with E-state index in [9.17, 15) is 19.5 Å². The van der Waals surface area contributed by atoms with E-state index in [-0.39, 0.29) is 11.6 Å². The minimum atomic E-state index is -0.934. The molecule has 1 aromatic rings. The molecule has 0 fully saturated rings. The number of carboxylic acids is 1. The van der Waals surface area contributed by atoms with Gasteiger partial charge in [0.25, 0.3) is 0 Å². The SMILES string of the molecule is CC1=C(C)C(=O)C(CC/C(C)=C/Cc2ccccc2C(=O)O)=C(C)C1=O. The van der Waals surface area contributed by atoms with Crippen molar-refractivity contribution < 1.29 is 19.5 Å². The van der Waals surface area contributed by atoms with Crippen molar-refractivity contribution >= 4 is 17.5 Å². The normalized spacial score (nSPS) is 15.8. The Kier molecular flexibility index (Phi) is 6.09. The largest absolute Gasteiger partial charge is 0.478 e. The molecule has 0 atom stereocenters. The second-order valence-corrected chi connectivity index (χ2v) is 6.73. The number of ketones is 2. The van der Waals surface area contributed by atoms with Crippen LogP contribution >= 0.6 is 0 Å². The molecule has 4 nitrogen and oxygen atoms in total. The molecule has 0 saturated heterocycles. The summed E-state index contributed by atoms with van der Waals surface area (Å²) in [5.41, 5.74) is 4.34. The van der Waals surface area contributed by atoms with E-state index in [1.165, 1.54) is 0 Å². The van der Waals surface area contributed by atoms with Gasteiger partial charge >= 0.3 is 5.97 Å². The maximum Gasteiger partial charge on any atom is 0.335 e. The first-order valence-electron chi connectivity index (χ1n) is 8.67. The first kappa shape index (κ1) is 19.6. The zero-order chi connectivity index (χ0) is 19.4. The lowest BCUT2D eigenvalue weighted by Gasteiger charge is -2.18. The molecule has 0 saturated carbocycles. The van der Waals surface area contributed by atoms with Crippen LogP contribution in [-0.4, -0.2) is 22.6 Å². The third-order valence-corrected chi connectivity index (χ3v) is 5.00. The molecule has 1 N–H and O–H groups in total. The maximum absolute atomic E-state index is 12.5. The Morgan fingerprint density at radius 2 is 1.62 bits per heavy atom. The summed E-state index contributed by atoms with van der Waals surface area (Å²) in [5.74, 6) is -1.02. The number of hydrogen-bond acceptors (Lipinski definition) is 3. The van der Waals surface area contributed by atoms with E-state index < -0.39 is 5.97 Å². The van der Waals surface area contributed by atoms with Crippen LogP contribution in [0.5, 0.6) is 0 Å². The van der Waals surface area contributed by atoms with Gasteiger partial charge in [0.1, 0.15) is 0 Å². The summed E-state index contributed by atoms with van der Waals surface area (Å²) in [4.78, 5) is 35.9. The predicted molar refractivity (Wildman–Crippen MR) is 101 cm³/mol. The monoisotopic (exact) mass is 352 g/mol. The fourth-order valence-electron chi connectivity index (χ4n) is 3.07. The molecule has 0 amide bonds. The smallest absolute Gasteiger partial charge is 0.335 e. The summed E-state index contributed by atoms with van der Waals surface area (Å²) in [5, 5.41) is 9.23. The van der Waals surface area contributed by atoms with Crippen LogP contribution < -0.4 is 0 Å². The van der Waals surface area contributed by atoms with E-state index in [1.54, 1.807) is 39.0 Å². The zero-order valence-electron chi connectivity index (χ0n) is 15.7. The van der Waals surface area contributed by atoms with Gasteiger partial charge in [-0.25, -0.2) is 4.79 Å². The number of Topliss-reactive ketones (excluding diaryl/α,β-unsaturated/α-hetero) is 2. The van der Waals surface area contributed by atoms with E-state index in [0.717, 1.165) is 11.1 Å². The van der Waals surface area contributed by atoms with E-state index in [2.05, 4.69) is 0 Å². The van der Waals surface area contributed by atoms with Gasteiger partial charge in [0.15, 0.2) is 11.6 Å². The Labute approximate surface area is 153 Å². The Morgan fingerprint density at radius 3 is 2.27 bits per heavy atom. The van der Waals surface area contributed by atoms with Crippen molar-refractivity contribution in [3.8, 4) is 0 Å². The summed E-state index contributed by atoms with van der Waals surface area (Å²) >= 11 is 0. The van der Waals surface area contributed by atoms with Gasteiger partial charge < -0.3 is 5.11 Å². The van der Waals surface area contributed by atoms with Crippen LogP contribution in [0.2, 0.25) is 0 Å². The van der Waals surface area contributed by atoms with Crippen molar-refractivity contribution in [1.29, 1.82) is 0 Å². The average molecular weight is 352 g/mol. The summed E-state index contributed by atoms with van der Waals surface area (Å²) in [7, 11) is 0. The van der Waals surface area contributed by atoms with Crippen molar-refractivity contribution in [3.63, 3.8) is 0 Å². The van der Waals surface area contributed by atoms with Crippen LogP contribution in [0.4, 0.5) is 0 Å². The molecular weight excluding hydrogens is 328 g/mol. The van der Waals surface area contributed by atoms with Crippen LogP contribution in [0.3, 0.4) is 0 Å². The minimum Gasteiger partial charge on any atom is -0.478 e. The van der Waals surface area contributed by atoms with E-state index in [0.29, 0.717) is 47.1 Å². The number of carbonyl (C=O) groups excluding carboxylic acids is 2. The summed E-state index contributed by atoms with van der Waals surface area (Å²) in [6.07, 6.45) is 3.69. The van der Waals surface area contributed by atoms with Gasteiger partial charge in [-0.05, 0) is 58.6 Å². The second kappa shape index (κ2) is 8.09. The lowest BCUT2D eigenvalue weighted by Crippen LogP contribution is -2.20. The van der Waals surface area contributed by atoms with Gasteiger partial charge in [-0.3, -0.25) is 9.59 Å². The first-order valence-corrected chi connectivity index (χ1v) is 8.67. The Bertz CT molecular complexity index is 866. The molecular formula is C22H24O4. The maximum atomic E-state index is 12.5. The van der Waals surface area contributed by atoms with Crippen LogP contribution in [0.15, 0.2) is 58.2 Å². The molecule has 0 heterocycles. The number of aromatic carboxylic acids is 1. The van der Waals surface area contributed by atoms with Crippen molar-refractivity contribution in [2.24, 2.45) is 0 Å². The van der Waals surface area contributed by atoms with E-state index in [4.69, 9.17) is 0 Å². The standard InChI is InChI=1S/C22H24O4/c1-13(9-11-17-7-5-6-8-19(17)22(25)26)10-12-18-16(4)20(23)14(2)15(3)21(18)24/h5-9H,10-12H2,1-4H3,(H,25,26)/b13-9+. The van der Waals surface area contributed by atoms with Crippen LogP contribution in [0, 0.1) is 0 Å². The van der Waals surface area contributed by atoms with Crippen molar-refractivity contribution in [2.45, 2.75) is 47.0 Å². The molecule has 0 spiro atoms. The first-order chi connectivity index (χ1) is 12.2. The molecule has 1 aliphatic rings. The molecule has 1 aliphatic carbocycles. The number of rotatable bonds is 6. The second-order valence-electron chi connectivity index (χ2n) is 6.73. The molecule has 26 heavy (non-hydrogen) atoms. The molecule has 1 aromatic carbocycles. The van der Waals surface area contributed by atoms with E-state index in [1.807, 2.05) is 19.1 Å². The number of allylic oxidation sites excluding steroid dienone is 6. The zero-order valence-corrected chi connectivity index (χ0v) is 15.7. The van der Waals surface area contributed by atoms with Crippen LogP contribution in [0.25, 0.3) is 0 Å². The highest BCUT2D eigenvalue weighted by Gasteiger charge is 2.27. The highest BCUT2D eigenvalue weighted by Crippen LogP contribution is 2.28. The highest BCUT2D eigenvalue weighted by molar-refractivity contribution is 6.24. The van der Waals surface area contributed by atoms with Crippen molar-refractivity contribution in [3.05, 3.63) is 69.3 Å². The predicted octanol–water partition coefficient (Wildman–Crippen LogP) is 4.46. The summed E-state index contributed by atoms with van der Waals surface area (Å²) in [6, 6.07) is 6.93.